The number of aromatic nitrogens is 1. The Morgan fingerprint density at radius 1 is 1.18 bits per heavy atom. The first-order valence-electron chi connectivity index (χ1n) is 7.00. The molecular weight excluding hydrogens is 310 g/mol. The molecule has 5 heteroatoms. The van der Waals surface area contributed by atoms with Crippen LogP contribution in [0.2, 0.25) is 0 Å². The van der Waals surface area contributed by atoms with E-state index in [1.807, 2.05) is 18.2 Å². The Kier molecular flexibility index (Phi) is 4.75. The Morgan fingerprint density at radius 3 is 2.68 bits per heavy atom. The van der Waals surface area contributed by atoms with Crippen molar-refractivity contribution in [3.8, 4) is 0 Å². The summed E-state index contributed by atoms with van der Waals surface area (Å²) < 4.78 is 1.17. The van der Waals surface area contributed by atoms with Crippen LogP contribution < -0.4 is 5.43 Å². The van der Waals surface area contributed by atoms with Crippen LogP contribution in [0.3, 0.4) is 0 Å². The zero-order chi connectivity index (χ0) is 15.4. The van der Waals surface area contributed by atoms with E-state index in [2.05, 4.69) is 59.0 Å². The summed E-state index contributed by atoms with van der Waals surface area (Å²) in [5.74, 6) is 0.862. The van der Waals surface area contributed by atoms with Crippen molar-refractivity contribution in [1.29, 1.82) is 0 Å². The fourth-order valence-electron chi connectivity index (χ4n) is 2.10. The number of nitrogens with one attached hydrogen (secondary N) is 1. The topological polar surface area (TPSA) is 37.3 Å². The lowest BCUT2D eigenvalue weighted by Gasteiger charge is -2.06. The van der Waals surface area contributed by atoms with Crippen molar-refractivity contribution in [2.75, 3.05) is 17.4 Å². The third-order valence-corrected chi connectivity index (χ3v) is 4.75. The monoisotopic (exact) mass is 327 g/mol. The summed E-state index contributed by atoms with van der Waals surface area (Å²) >= 11 is 3.38. The van der Waals surface area contributed by atoms with Gasteiger partial charge in [0.15, 0.2) is 0 Å². The van der Waals surface area contributed by atoms with E-state index in [0.29, 0.717) is 0 Å². The van der Waals surface area contributed by atoms with Gasteiger partial charge in [0.2, 0.25) is 5.13 Å². The molecular formula is C17H17N3S2. The van der Waals surface area contributed by atoms with Gasteiger partial charge in [-0.25, -0.2) is 4.98 Å². The molecule has 0 amide bonds. The van der Waals surface area contributed by atoms with Crippen molar-refractivity contribution in [3.05, 3.63) is 59.7 Å². The molecule has 112 valence electrons. The van der Waals surface area contributed by atoms with Crippen molar-refractivity contribution < 1.29 is 0 Å². The average Bonchev–Trinajstić information content (AvgIpc) is 2.95. The van der Waals surface area contributed by atoms with Gasteiger partial charge in [-0.1, -0.05) is 53.3 Å². The minimum atomic E-state index is 0.826. The number of hydrogen-bond donors (Lipinski definition) is 1. The molecule has 3 rings (SSSR count). The van der Waals surface area contributed by atoms with Crippen molar-refractivity contribution in [2.45, 2.75) is 6.92 Å². The molecule has 0 bridgehead atoms. The molecule has 0 aliphatic heterocycles. The molecule has 2 aromatic carbocycles. The molecule has 3 nitrogen and oxygen atoms in total. The quantitative estimate of drug-likeness (QED) is 0.541. The highest BCUT2D eigenvalue weighted by Crippen LogP contribution is 2.25. The van der Waals surface area contributed by atoms with Crippen molar-refractivity contribution >= 4 is 44.2 Å². The van der Waals surface area contributed by atoms with Crippen molar-refractivity contribution in [3.63, 3.8) is 0 Å². The number of thioether (sulfide) groups is 1. The minimum absolute atomic E-state index is 0.826. The molecule has 0 spiro atoms. The van der Waals surface area contributed by atoms with E-state index in [1.165, 1.54) is 10.3 Å². The fraction of sp³-hybridized carbons (Fsp3) is 0.176. The van der Waals surface area contributed by atoms with Crippen LogP contribution in [0, 0.1) is 6.92 Å². The molecule has 3 aromatic rings. The maximum Gasteiger partial charge on any atom is 0.204 e. The lowest BCUT2D eigenvalue weighted by Crippen LogP contribution is -2.07. The van der Waals surface area contributed by atoms with E-state index in [9.17, 15) is 0 Å². The third kappa shape index (κ3) is 3.48. The van der Waals surface area contributed by atoms with Gasteiger partial charge >= 0.3 is 0 Å². The molecule has 0 saturated carbocycles. The van der Waals surface area contributed by atoms with E-state index in [-0.39, 0.29) is 0 Å². The van der Waals surface area contributed by atoms with E-state index < -0.39 is 0 Å². The van der Waals surface area contributed by atoms with Gasteiger partial charge in [-0.3, -0.25) is 5.43 Å². The first-order chi connectivity index (χ1) is 10.8. The normalized spacial score (nSPS) is 11.8. The number of fused-ring (bicyclic) bond motifs is 1. The third-order valence-electron chi connectivity index (χ3n) is 3.25. The second-order valence-corrected chi connectivity index (χ2v) is 6.85. The molecule has 0 fully saturated rings. The van der Waals surface area contributed by atoms with Gasteiger partial charge in [-0.15, -0.1) is 0 Å². The number of para-hydroxylation sites is 1. The lowest BCUT2D eigenvalue weighted by molar-refractivity contribution is 1.29. The molecule has 1 N–H and O–H groups in total. The number of aryl methyl sites for hydroxylation is 1. The summed E-state index contributed by atoms with van der Waals surface area (Å²) in [6.07, 6.45) is 2.08. The van der Waals surface area contributed by atoms with Crippen molar-refractivity contribution in [1.82, 2.24) is 4.98 Å². The number of hydrogen-bond acceptors (Lipinski definition) is 5. The molecule has 0 atom stereocenters. The van der Waals surface area contributed by atoms with Gasteiger partial charge in [0.25, 0.3) is 0 Å². The SMILES string of the molecule is CSCC(=NNc1nc2ccccc2s1)c1ccc(C)cc1. The number of rotatable bonds is 5. The molecule has 0 radical (unpaired) electrons. The Balaban J connectivity index is 1.84. The van der Waals surface area contributed by atoms with Crippen LogP contribution in [-0.2, 0) is 0 Å². The maximum absolute atomic E-state index is 4.57. The molecule has 0 aliphatic rings. The lowest BCUT2D eigenvalue weighted by atomic mass is 10.1. The molecule has 0 aliphatic carbocycles. The summed E-state index contributed by atoms with van der Waals surface area (Å²) in [5.41, 5.74) is 7.56. The van der Waals surface area contributed by atoms with Gasteiger partial charge in [-0.2, -0.15) is 16.9 Å². The molecule has 1 heterocycles. The van der Waals surface area contributed by atoms with Crippen LogP contribution in [0.15, 0.2) is 53.6 Å². The van der Waals surface area contributed by atoms with Crippen LogP contribution in [-0.4, -0.2) is 22.7 Å². The van der Waals surface area contributed by atoms with E-state index in [4.69, 9.17) is 0 Å². The highest BCUT2D eigenvalue weighted by atomic mass is 32.2. The minimum Gasteiger partial charge on any atom is -0.252 e. The zero-order valence-electron chi connectivity index (χ0n) is 12.5. The maximum atomic E-state index is 4.57. The standard InChI is InChI=1S/C17H17N3S2/c1-12-7-9-13(10-8-12)15(11-21-2)19-20-17-18-14-5-3-4-6-16(14)22-17/h3-10H,11H2,1-2H3,(H,18,20). The smallest absolute Gasteiger partial charge is 0.204 e. The van der Waals surface area contributed by atoms with E-state index in [0.717, 1.165) is 27.7 Å². The number of hydrazone groups is 1. The van der Waals surface area contributed by atoms with Crippen molar-refractivity contribution in [2.24, 2.45) is 5.10 Å². The summed E-state index contributed by atoms with van der Waals surface area (Å²) in [7, 11) is 0. The second kappa shape index (κ2) is 6.94. The van der Waals surface area contributed by atoms with Gasteiger partial charge < -0.3 is 0 Å². The Hall–Kier alpha value is -1.85. The Morgan fingerprint density at radius 2 is 1.95 bits per heavy atom. The molecule has 0 unspecified atom stereocenters. The first-order valence-corrected chi connectivity index (χ1v) is 9.21. The molecule has 1 aromatic heterocycles. The van der Waals surface area contributed by atoms with Gasteiger partial charge in [0, 0.05) is 5.75 Å². The Bertz CT molecular complexity index is 758. The highest BCUT2D eigenvalue weighted by molar-refractivity contribution is 7.99. The second-order valence-electron chi connectivity index (χ2n) is 4.96. The first kappa shape index (κ1) is 15.1. The van der Waals surface area contributed by atoms with E-state index >= 15 is 0 Å². The summed E-state index contributed by atoms with van der Waals surface area (Å²) in [6.45, 7) is 2.09. The van der Waals surface area contributed by atoms with Crippen LogP contribution >= 0.6 is 23.1 Å². The highest BCUT2D eigenvalue weighted by Gasteiger charge is 2.05. The molecule has 22 heavy (non-hydrogen) atoms. The van der Waals surface area contributed by atoms with Crippen LogP contribution in [0.1, 0.15) is 11.1 Å². The predicted octanol–water partition coefficient (Wildman–Crippen LogP) is 4.78. The number of thiazole rings is 1. The average molecular weight is 327 g/mol. The summed E-state index contributed by atoms with van der Waals surface area (Å²) in [4.78, 5) is 4.55. The predicted molar refractivity (Wildman–Crippen MR) is 99.3 cm³/mol. The number of nitrogens with zero attached hydrogens (tertiary/aromatic N) is 2. The zero-order valence-corrected chi connectivity index (χ0v) is 14.2. The van der Waals surface area contributed by atoms with Crippen LogP contribution in [0.25, 0.3) is 10.2 Å². The van der Waals surface area contributed by atoms with E-state index in [1.54, 1.807) is 23.1 Å². The van der Waals surface area contributed by atoms with Crippen LogP contribution in [0.4, 0.5) is 5.13 Å². The molecule has 0 saturated heterocycles. The summed E-state index contributed by atoms with van der Waals surface area (Å²) in [5, 5.41) is 5.40. The fourth-order valence-corrected chi connectivity index (χ4v) is 3.41. The largest absolute Gasteiger partial charge is 0.252 e. The summed E-state index contributed by atoms with van der Waals surface area (Å²) in [6, 6.07) is 16.6. The Labute approximate surface area is 138 Å². The number of anilines is 1. The number of benzene rings is 2. The van der Waals surface area contributed by atoms with Gasteiger partial charge in [0.05, 0.1) is 15.9 Å². The van der Waals surface area contributed by atoms with Gasteiger partial charge in [0.1, 0.15) is 0 Å². The van der Waals surface area contributed by atoms with Gasteiger partial charge in [-0.05, 0) is 30.9 Å². The van der Waals surface area contributed by atoms with Crippen LogP contribution in [0.5, 0.6) is 0 Å².